The molecule has 7 heteroatoms. The van der Waals surface area contributed by atoms with Crippen LogP contribution < -0.4 is 14.4 Å². The van der Waals surface area contributed by atoms with Gasteiger partial charge in [-0.1, -0.05) is 44.2 Å². The quantitative estimate of drug-likeness (QED) is 0.674. The van der Waals surface area contributed by atoms with Gasteiger partial charge in [-0.05, 0) is 48.6 Å². The average molecular weight is 419 g/mol. The third kappa shape index (κ3) is 6.49. The lowest BCUT2D eigenvalue weighted by Crippen LogP contribution is -2.42. The van der Waals surface area contributed by atoms with Crippen LogP contribution in [0.5, 0.6) is 5.75 Å². The fraction of sp³-hybridized carbons (Fsp3) is 0.409. The number of methoxy groups -OCH3 is 1. The van der Waals surface area contributed by atoms with E-state index in [9.17, 15) is 13.2 Å². The first kappa shape index (κ1) is 22.7. The SMILES string of the molecule is COc1ccc([C@@H](CC(C)C)NC(=O)CN(c2ccccc2C)S(C)(=O)=O)cc1. The Kier molecular flexibility index (Phi) is 7.67. The number of rotatable bonds is 9. The maximum Gasteiger partial charge on any atom is 0.241 e. The Morgan fingerprint density at radius 1 is 1.10 bits per heavy atom. The molecule has 0 aromatic heterocycles. The lowest BCUT2D eigenvalue weighted by Gasteiger charge is -2.26. The van der Waals surface area contributed by atoms with Crippen LogP contribution in [0.1, 0.15) is 37.4 Å². The van der Waals surface area contributed by atoms with Crippen LogP contribution in [0.3, 0.4) is 0 Å². The number of ether oxygens (including phenoxy) is 1. The second-order valence-electron chi connectivity index (χ2n) is 7.58. The minimum absolute atomic E-state index is 0.216. The molecule has 1 atom stereocenters. The Balaban J connectivity index is 2.23. The summed E-state index contributed by atoms with van der Waals surface area (Å²) < 4.78 is 31.1. The number of amides is 1. The Morgan fingerprint density at radius 2 is 1.72 bits per heavy atom. The first-order valence-corrected chi connectivity index (χ1v) is 11.4. The van der Waals surface area contributed by atoms with Gasteiger partial charge in [0.25, 0.3) is 0 Å². The molecule has 0 aliphatic heterocycles. The summed E-state index contributed by atoms with van der Waals surface area (Å²) in [6.07, 6.45) is 1.85. The summed E-state index contributed by atoms with van der Waals surface area (Å²) >= 11 is 0. The van der Waals surface area contributed by atoms with E-state index in [4.69, 9.17) is 4.74 Å². The minimum atomic E-state index is -3.61. The van der Waals surface area contributed by atoms with Gasteiger partial charge in [0.15, 0.2) is 0 Å². The van der Waals surface area contributed by atoms with Crippen LogP contribution in [0.2, 0.25) is 0 Å². The van der Waals surface area contributed by atoms with Crippen LogP contribution in [-0.4, -0.2) is 34.2 Å². The molecular formula is C22H30N2O4S. The number of benzene rings is 2. The highest BCUT2D eigenvalue weighted by Gasteiger charge is 2.24. The fourth-order valence-electron chi connectivity index (χ4n) is 3.18. The second-order valence-corrected chi connectivity index (χ2v) is 9.49. The van der Waals surface area contributed by atoms with E-state index in [1.165, 1.54) is 0 Å². The summed E-state index contributed by atoms with van der Waals surface area (Å²) in [4.78, 5) is 12.8. The normalized spacial score (nSPS) is 12.5. The minimum Gasteiger partial charge on any atom is -0.497 e. The molecule has 0 aliphatic carbocycles. The van der Waals surface area contributed by atoms with Crippen molar-refractivity contribution in [3.05, 3.63) is 59.7 Å². The van der Waals surface area contributed by atoms with E-state index in [2.05, 4.69) is 19.2 Å². The number of hydrogen-bond donors (Lipinski definition) is 1. The van der Waals surface area contributed by atoms with Crippen molar-refractivity contribution in [1.29, 1.82) is 0 Å². The smallest absolute Gasteiger partial charge is 0.241 e. The zero-order valence-corrected chi connectivity index (χ0v) is 18.5. The van der Waals surface area contributed by atoms with Crippen molar-refractivity contribution in [2.24, 2.45) is 5.92 Å². The molecule has 158 valence electrons. The van der Waals surface area contributed by atoms with E-state index in [0.29, 0.717) is 11.6 Å². The first-order chi connectivity index (χ1) is 13.6. The molecule has 2 aromatic rings. The number of anilines is 1. The van der Waals surface area contributed by atoms with Gasteiger partial charge in [0, 0.05) is 0 Å². The number of hydrogen-bond acceptors (Lipinski definition) is 4. The number of nitrogens with zero attached hydrogens (tertiary/aromatic N) is 1. The Morgan fingerprint density at radius 3 is 2.24 bits per heavy atom. The van der Waals surface area contributed by atoms with E-state index >= 15 is 0 Å². The molecule has 2 aromatic carbocycles. The standard InChI is InChI=1S/C22H30N2O4S/c1-16(2)14-20(18-10-12-19(28-4)13-11-18)23-22(25)15-24(29(5,26)27)21-9-7-6-8-17(21)3/h6-13,16,20H,14-15H2,1-5H3,(H,23,25)/t20-/m1/s1. The summed E-state index contributed by atoms with van der Waals surface area (Å²) in [5, 5.41) is 3.01. The van der Waals surface area contributed by atoms with Crippen LogP contribution in [0.15, 0.2) is 48.5 Å². The van der Waals surface area contributed by atoms with Crippen LogP contribution in [0.4, 0.5) is 5.69 Å². The first-order valence-electron chi connectivity index (χ1n) is 9.58. The van der Waals surface area contributed by atoms with E-state index < -0.39 is 10.0 Å². The topological polar surface area (TPSA) is 75.7 Å². The largest absolute Gasteiger partial charge is 0.497 e. The maximum absolute atomic E-state index is 12.8. The van der Waals surface area contributed by atoms with E-state index in [1.807, 2.05) is 43.3 Å². The predicted octanol–water partition coefficient (Wildman–Crippen LogP) is 3.67. The van der Waals surface area contributed by atoms with Gasteiger partial charge in [-0.25, -0.2) is 8.42 Å². The molecule has 29 heavy (non-hydrogen) atoms. The molecule has 0 spiro atoms. The zero-order chi connectivity index (χ0) is 21.6. The van der Waals surface area contributed by atoms with Gasteiger partial charge >= 0.3 is 0 Å². The molecule has 0 aliphatic rings. The van der Waals surface area contributed by atoms with Crippen molar-refractivity contribution < 1.29 is 17.9 Å². The van der Waals surface area contributed by atoms with Gasteiger partial charge in [0.05, 0.1) is 25.1 Å². The highest BCUT2D eigenvalue weighted by atomic mass is 32.2. The van der Waals surface area contributed by atoms with Crippen LogP contribution in [-0.2, 0) is 14.8 Å². The second kappa shape index (κ2) is 9.78. The van der Waals surface area contributed by atoms with E-state index in [-0.39, 0.29) is 18.5 Å². The Hall–Kier alpha value is -2.54. The monoisotopic (exact) mass is 418 g/mol. The summed E-state index contributed by atoms with van der Waals surface area (Å²) in [7, 11) is -2.01. The van der Waals surface area contributed by atoms with Crippen molar-refractivity contribution in [2.75, 3.05) is 24.2 Å². The number of nitrogens with one attached hydrogen (secondary N) is 1. The highest BCUT2D eigenvalue weighted by molar-refractivity contribution is 7.92. The van der Waals surface area contributed by atoms with Crippen molar-refractivity contribution in [2.45, 2.75) is 33.2 Å². The van der Waals surface area contributed by atoms with Crippen LogP contribution in [0, 0.1) is 12.8 Å². The molecule has 0 radical (unpaired) electrons. The van der Waals surface area contributed by atoms with Gasteiger partial charge in [-0.2, -0.15) is 0 Å². The van der Waals surface area contributed by atoms with Gasteiger partial charge in [-0.15, -0.1) is 0 Å². The van der Waals surface area contributed by atoms with Gasteiger partial charge in [0.1, 0.15) is 12.3 Å². The van der Waals surface area contributed by atoms with Crippen molar-refractivity contribution in [3.63, 3.8) is 0 Å². The molecule has 0 saturated carbocycles. The Labute approximate surface area is 173 Å². The van der Waals surface area contributed by atoms with Gasteiger partial charge < -0.3 is 10.1 Å². The van der Waals surface area contributed by atoms with Crippen LogP contribution >= 0.6 is 0 Å². The molecule has 0 fully saturated rings. The van der Waals surface area contributed by atoms with E-state index in [1.54, 1.807) is 19.2 Å². The molecule has 2 rings (SSSR count). The maximum atomic E-state index is 12.8. The molecule has 0 saturated heterocycles. The summed E-state index contributed by atoms with van der Waals surface area (Å²) in [6.45, 7) is 5.72. The number of sulfonamides is 1. The third-order valence-corrected chi connectivity index (χ3v) is 5.76. The highest BCUT2D eigenvalue weighted by Crippen LogP contribution is 2.25. The fourth-order valence-corrected chi connectivity index (χ4v) is 4.09. The lowest BCUT2D eigenvalue weighted by molar-refractivity contribution is -0.120. The molecule has 1 amide bonds. The van der Waals surface area contributed by atoms with Gasteiger partial charge in [0.2, 0.25) is 15.9 Å². The number of carbonyl (C=O) groups is 1. The number of para-hydroxylation sites is 1. The molecule has 1 N–H and O–H groups in total. The molecular weight excluding hydrogens is 388 g/mol. The van der Waals surface area contributed by atoms with Crippen molar-refractivity contribution >= 4 is 21.6 Å². The number of aryl methyl sites for hydroxylation is 1. The summed E-state index contributed by atoms with van der Waals surface area (Å²) in [5.74, 6) is 0.746. The Bertz CT molecular complexity index is 924. The lowest BCUT2D eigenvalue weighted by atomic mass is 9.97. The molecule has 0 bridgehead atoms. The summed E-state index contributed by atoms with van der Waals surface area (Å²) in [5.41, 5.74) is 2.25. The summed E-state index contributed by atoms with van der Waals surface area (Å²) in [6, 6.07) is 14.5. The van der Waals surface area contributed by atoms with Crippen molar-refractivity contribution in [3.8, 4) is 5.75 Å². The average Bonchev–Trinajstić information content (AvgIpc) is 2.65. The number of carbonyl (C=O) groups excluding carboxylic acids is 1. The van der Waals surface area contributed by atoms with Crippen molar-refractivity contribution in [1.82, 2.24) is 5.32 Å². The van der Waals surface area contributed by atoms with E-state index in [0.717, 1.165) is 33.9 Å². The predicted molar refractivity (Wildman–Crippen MR) is 117 cm³/mol. The van der Waals surface area contributed by atoms with Gasteiger partial charge in [-0.3, -0.25) is 9.10 Å². The molecule has 0 heterocycles. The molecule has 6 nitrogen and oxygen atoms in total. The molecule has 0 unspecified atom stereocenters. The van der Waals surface area contributed by atoms with Crippen LogP contribution in [0.25, 0.3) is 0 Å². The third-order valence-electron chi connectivity index (χ3n) is 4.63. The zero-order valence-electron chi connectivity index (χ0n) is 17.7.